The van der Waals surface area contributed by atoms with E-state index in [2.05, 4.69) is 20.2 Å². The summed E-state index contributed by atoms with van der Waals surface area (Å²) in [7, 11) is 0. The summed E-state index contributed by atoms with van der Waals surface area (Å²) in [5.41, 5.74) is 4.85. The van der Waals surface area contributed by atoms with Crippen LogP contribution >= 0.6 is 0 Å². The van der Waals surface area contributed by atoms with Gasteiger partial charge in [0.1, 0.15) is 0 Å². The Morgan fingerprint density at radius 1 is 0.905 bits per heavy atom. The maximum absolute atomic E-state index is 5.76. The van der Waals surface area contributed by atoms with Crippen molar-refractivity contribution < 1.29 is 4.42 Å². The van der Waals surface area contributed by atoms with Crippen LogP contribution in [-0.4, -0.2) is 20.2 Å². The largest absolute Gasteiger partial charge is 0.416 e. The molecule has 0 saturated carbocycles. The summed E-state index contributed by atoms with van der Waals surface area (Å²) < 4.78 is 5.76. The molecule has 4 rings (SSSR count). The number of aryl methyl sites for hydroxylation is 1. The lowest BCUT2D eigenvalue weighted by atomic mass is 10.1. The van der Waals surface area contributed by atoms with Gasteiger partial charge < -0.3 is 9.40 Å². The first-order valence-electron chi connectivity index (χ1n) is 6.64. The standard InChI is InChI=1S/C16H12N4O/c1-10-2-4-11(5-3-10)15-19-20-16(21-15)12-6-7-13-14(8-12)18-9-17-13/h2-9H,1H3,(H,17,18). The van der Waals surface area contributed by atoms with Crippen LogP contribution in [0.15, 0.2) is 53.2 Å². The summed E-state index contributed by atoms with van der Waals surface area (Å²) in [4.78, 5) is 7.27. The fourth-order valence-corrected chi connectivity index (χ4v) is 2.22. The second-order valence-corrected chi connectivity index (χ2v) is 4.91. The number of nitrogens with one attached hydrogen (secondary N) is 1. The van der Waals surface area contributed by atoms with Gasteiger partial charge in [-0.05, 0) is 37.3 Å². The van der Waals surface area contributed by atoms with E-state index in [1.165, 1.54) is 5.56 Å². The molecular formula is C16H12N4O. The molecule has 0 amide bonds. The van der Waals surface area contributed by atoms with E-state index in [1.54, 1.807) is 6.33 Å². The van der Waals surface area contributed by atoms with Crippen LogP contribution in [0, 0.1) is 6.92 Å². The first-order valence-corrected chi connectivity index (χ1v) is 6.64. The maximum atomic E-state index is 5.76. The Labute approximate surface area is 120 Å². The lowest BCUT2D eigenvalue weighted by molar-refractivity contribution is 0.584. The monoisotopic (exact) mass is 276 g/mol. The summed E-state index contributed by atoms with van der Waals surface area (Å²) in [6.07, 6.45) is 1.67. The summed E-state index contributed by atoms with van der Waals surface area (Å²) >= 11 is 0. The predicted octanol–water partition coefficient (Wildman–Crippen LogP) is 3.59. The Morgan fingerprint density at radius 3 is 2.43 bits per heavy atom. The van der Waals surface area contributed by atoms with E-state index in [9.17, 15) is 0 Å². The number of aromatic amines is 1. The predicted molar refractivity (Wildman–Crippen MR) is 79.6 cm³/mol. The number of hydrogen-bond acceptors (Lipinski definition) is 4. The van der Waals surface area contributed by atoms with Crippen LogP contribution in [0.4, 0.5) is 0 Å². The highest BCUT2D eigenvalue weighted by Crippen LogP contribution is 2.25. The fourth-order valence-electron chi connectivity index (χ4n) is 2.22. The zero-order valence-corrected chi connectivity index (χ0v) is 11.4. The first-order chi connectivity index (χ1) is 10.3. The number of nitrogens with zero attached hydrogens (tertiary/aromatic N) is 3. The van der Waals surface area contributed by atoms with E-state index in [1.807, 2.05) is 49.4 Å². The molecule has 0 atom stereocenters. The van der Waals surface area contributed by atoms with Gasteiger partial charge in [-0.2, -0.15) is 0 Å². The fraction of sp³-hybridized carbons (Fsp3) is 0.0625. The molecule has 0 fully saturated rings. The third kappa shape index (κ3) is 2.08. The maximum Gasteiger partial charge on any atom is 0.248 e. The summed E-state index contributed by atoms with van der Waals surface area (Å²) in [6.45, 7) is 2.04. The van der Waals surface area contributed by atoms with E-state index < -0.39 is 0 Å². The Balaban J connectivity index is 1.74. The van der Waals surface area contributed by atoms with E-state index >= 15 is 0 Å². The van der Waals surface area contributed by atoms with Crippen LogP contribution < -0.4 is 0 Å². The molecule has 0 unspecified atom stereocenters. The minimum absolute atomic E-state index is 0.502. The van der Waals surface area contributed by atoms with Crippen molar-refractivity contribution in [3.8, 4) is 22.9 Å². The van der Waals surface area contributed by atoms with Crippen molar-refractivity contribution in [2.45, 2.75) is 6.92 Å². The van der Waals surface area contributed by atoms with Crippen molar-refractivity contribution in [2.24, 2.45) is 0 Å². The Bertz CT molecular complexity index is 905. The van der Waals surface area contributed by atoms with Crippen LogP contribution in [0.1, 0.15) is 5.56 Å². The number of rotatable bonds is 2. The van der Waals surface area contributed by atoms with Gasteiger partial charge in [-0.1, -0.05) is 17.7 Å². The molecule has 0 aliphatic rings. The minimum Gasteiger partial charge on any atom is -0.416 e. The zero-order valence-electron chi connectivity index (χ0n) is 11.4. The zero-order chi connectivity index (χ0) is 14.2. The van der Waals surface area contributed by atoms with Crippen LogP contribution in [0.25, 0.3) is 33.9 Å². The lowest BCUT2D eigenvalue weighted by Gasteiger charge is -1.96. The molecule has 0 aliphatic carbocycles. The molecular weight excluding hydrogens is 264 g/mol. The Kier molecular flexibility index (Phi) is 2.57. The highest BCUT2D eigenvalue weighted by atomic mass is 16.4. The van der Waals surface area contributed by atoms with Crippen LogP contribution in [0.2, 0.25) is 0 Å². The normalized spacial score (nSPS) is 11.1. The molecule has 0 bridgehead atoms. The molecule has 0 saturated heterocycles. The average Bonchev–Trinajstić information content (AvgIpc) is 3.16. The van der Waals surface area contributed by atoms with Crippen molar-refractivity contribution >= 4 is 11.0 Å². The topological polar surface area (TPSA) is 67.6 Å². The van der Waals surface area contributed by atoms with Crippen molar-refractivity contribution in [1.82, 2.24) is 20.2 Å². The molecule has 2 aromatic heterocycles. The molecule has 21 heavy (non-hydrogen) atoms. The van der Waals surface area contributed by atoms with E-state index in [0.29, 0.717) is 11.8 Å². The summed E-state index contributed by atoms with van der Waals surface area (Å²) in [5.74, 6) is 1.02. The van der Waals surface area contributed by atoms with Crippen LogP contribution in [-0.2, 0) is 0 Å². The second kappa shape index (κ2) is 4.56. The third-order valence-electron chi connectivity index (χ3n) is 3.39. The van der Waals surface area contributed by atoms with E-state index in [4.69, 9.17) is 4.42 Å². The molecule has 0 spiro atoms. The van der Waals surface area contributed by atoms with Gasteiger partial charge in [0.25, 0.3) is 0 Å². The highest BCUT2D eigenvalue weighted by molar-refractivity contribution is 5.79. The Morgan fingerprint density at radius 2 is 1.62 bits per heavy atom. The first kappa shape index (κ1) is 11.8. The molecule has 5 heteroatoms. The molecule has 5 nitrogen and oxygen atoms in total. The SMILES string of the molecule is Cc1ccc(-c2nnc(-c3ccc4nc[nH]c4c3)o2)cc1. The lowest BCUT2D eigenvalue weighted by Crippen LogP contribution is -1.78. The quantitative estimate of drug-likeness (QED) is 0.607. The van der Waals surface area contributed by atoms with Crippen LogP contribution in [0.5, 0.6) is 0 Å². The number of fused-ring (bicyclic) bond motifs is 1. The second-order valence-electron chi connectivity index (χ2n) is 4.91. The molecule has 2 aromatic carbocycles. The van der Waals surface area contributed by atoms with Crippen molar-refractivity contribution in [3.63, 3.8) is 0 Å². The van der Waals surface area contributed by atoms with Gasteiger partial charge in [0.05, 0.1) is 17.4 Å². The van der Waals surface area contributed by atoms with E-state index in [0.717, 1.165) is 22.2 Å². The number of imidazole rings is 1. The van der Waals surface area contributed by atoms with Gasteiger partial charge in [-0.3, -0.25) is 0 Å². The van der Waals surface area contributed by atoms with E-state index in [-0.39, 0.29) is 0 Å². The Hall–Kier alpha value is -2.95. The minimum atomic E-state index is 0.502. The molecule has 102 valence electrons. The van der Waals surface area contributed by atoms with Gasteiger partial charge in [0, 0.05) is 11.1 Å². The molecule has 0 radical (unpaired) electrons. The van der Waals surface area contributed by atoms with Gasteiger partial charge in [0.15, 0.2) is 0 Å². The van der Waals surface area contributed by atoms with Crippen molar-refractivity contribution in [3.05, 3.63) is 54.4 Å². The summed E-state index contributed by atoms with van der Waals surface area (Å²) in [5, 5.41) is 8.24. The van der Waals surface area contributed by atoms with Gasteiger partial charge in [0.2, 0.25) is 11.8 Å². The average molecular weight is 276 g/mol. The number of hydrogen-bond donors (Lipinski definition) is 1. The number of H-pyrrole nitrogens is 1. The summed E-state index contributed by atoms with van der Waals surface area (Å²) in [6, 6.07) is 13.8. The molecule has 2 heterocycles. The molecule has 4 aromatic rings. The molecule has 1 N–H and O–H groups in total. The van der Waals surface area contributed by atoms with Crippen LogP contribution in [0.3, 0.4) is 0 Å². The molecule has 0 aliphatic heterocycles. The van der Waals surface area contributed by atoms with Gasteiger partial charge in [-0.15, -0.1) is 10.2 Å². The van der Waals surface area contributed by atoms with Crippen molar-refractivity contribution in [2.75, 3.05) is 0 Å². The number of aromatic nitrogens is 4. The van der Waals surface area contributed by atoms with Gasteiger partial charge >= 0.3 is 0 Å². The number of benzene rings is 2. The van der Waals surface area contributed by atoms with Crippen molar-refractivity contribution in [1.29, 1.82) is 0 Å². The highest BCUT2D eigenvalue weighted by Gasteiger charge is 2.11. The smallest absolute Gasteiger partial charge is 0.248 e. The third-order valence-corrected chi connectivity index (χ3v) is 3.39. The van der Waals surface area contributed by atoms with Gasteiger partial charge in [-0.25, -0.2) is 4.98 Å².